The molecule has 4 atom stereocenters. The molecule has 2 fully saturated rings. The lowest BCUT2D eigenvalue weighted by Crippen LogP contribution is -2.40. The topological polar surface area (TPSA) is 139 Å². The first-order valence-electron chi connectivity index (χ1n) is 16.8. The highest BCUT2D eigenvalue weighted by molar-refractivity contribution is 7.23. The molecule has 0 spiro atoms. The Bertz CT molecular complexity index is 2250. The van der Waals surface area contributed by atoms with E-state index in [1.165, 1.54) is 32.1 Å². The van der Waals surface area contributed by atoms with Crippen molar-refractivity contribution < 1.29 is 22.6 Å². The van der Waals surface area contributed by atoms with E-state index in [2.05, 4.69) is 19.9 Å². The number of aryl methyl sites for hydroxylation is 1. The predicted molar refractivity (Wildman–Crippen MR) is 192 cm³/mol. The molecule has 0 radical (unpaired) electrons. The molecule has 51 heavy (non-hydrogen) atoms. The fraction of sp³-hybridized carbons (Fsp3) is 0.389. The van der Waals surface area contributed by atoms with Gasteiger partial charge in [-0.2, -0.15) is 15.2 Å². The third kappa shape index (κ3) is 5.36. The van der Waals surface area contributed by atoms with Gasteiger partial charge in [-0.25, -0.2) is 18.2 Å². The summed E-state index contributed by atoms with van der Waals surface area (Å²) in [7, 11) is 3.25. The van der Waals surface area contributed by atoms with Gasteiger partial charge in [0.05, 0.1) is 33.8 Å². The lowest BCUT2D eigenvalue weighted by Gasteiger charge is -2.32. The molecule has 0 saturated carbocycles. The minimum atomic E-state index is -0.794. The number of aromatic nitrogens is 3. The molecule has 3 aromatic heterocycles. The molecule has 0 bridgehead atoms. The van der Waals surface area contributed by atoms with Gasteiger partial charge in [-0.1, -0.05) is 17.7 Å². The van der Waals surface area contributed by atoms with Crippen LogP contribution in [0.3, 0.4) is 0 Å². The molecule has 10 nitrogen and oxygen atoms in total. The summed E-state index contributed by atoms with van der Waals surface area (Å²) >= 11 is 7.89. The largest absolute Gasteiger partial charge is 0.489 e. The zero-order valence-electron chi connectivity index (χ0n) is 27.9. The number of anilines is 3. The first-order chi connectivity index (χ1) is 24.6. The van der Waals surface area contributed by atoms with Crippen molar-refractivity contribution in [2.45, 2.75) is 56.3 Å². The molecule has 4 aliphatic rings. The number of nitrogen functional groups attached to an aromatic ring is 2. The van der Waals surface area contributed by atoms with Gasteiger partial charge in [0.1, 0.15) is 46.8 Å². The normalized spacial score (nSPS) is 22.3. The Hall–Kier alpha value is -4.58. The van der Waals surface area contributed by atoms with Crippen LogP contribution in [0.15, 0.2) is 24.4 Å². The maximum atomic E-state index is 16.7. The van der Waals surface area contributed by atoms with E-state index in [4.69, 9.17) is 32.5 Å². The van der Waals surface area contributed by atoms with Crippen LogP contribution in [0.25, 0.3) is 32.1 Å². The number of ether oxygens (including phenoxy) is 2. The second-order valence-corrected chi connectivity index (χ2v) is 14.8. The zero-order chi connectivity index (χ0) is 35.7. The number of likely N-dealkylation sites (N-methyl/N-ethyl adjacent to an activating group) is 1. The van der Waals surface area contributed by atoms with Crippen LogP contribution in [-0.4, -0.2) is 72.0 Å². The number of thiophene rings is 1. The van der Waals surface area contributed by atoms with E-state index in [1.807, 2.05) is 24.1 Å². The van der Waals surface area contributed by atoms with Crippen LogP contribution in [0.5, 0.6) is 11.8 Å². The molecule has 4 N–H and O–H groups in total. The molecular formula is C36H34ClF3N8O2S. The maximum absolute atomic E-state index is 16.7. The molecule has 4 unspecified atom stereocenters. The molecule has 9 rings (SSSR count). The Kier molecular flexibility index (Phi) is 8.47. The summed E-state index contributed by atoms with van der Waals surface area (Å²) in [5.41, 5.74) is 14.5. The molecule has 264 valence electrons. The number of pyridine rings is 1. The van der Waals surface area contributed by atoms with E-state index in [0.717, 1.165) is 48.3 Å². The second-order valence-electron chi connectivity index (χ2n) is 13.4. The predicted octanol–water partition coefficient (Wildman–Crippen LogP) is 7.00. The molecular weight excluding hydrogens is 701 g/mol. The number of nitriles is 1. The molecule has 2 saturated heterocycles. The minimum Gasteiger partial charge on any atom is -0.489 e. The highest BCUT2D eigenvalue weighted by atomic mass is 35.5. The van der Waals surface area contributed by atoms with Gasteiger partial charge in [0.25, 0.3) is 0 Å². The number of nitrogens with two attached hydrogens (primary N) is 2. The first-order valence-corrected chi connectivity index (χ1v) is 17.9. The summed E-state index contributed by atoms with van der Waals surface area (Å²) in [4.78, 5) is 17.5. The van der Waals surface area contributed by atoms with Gasteiger partial charge in [0.15, 0.2) is 11.6 Å². The van der Waals surface area contributed by atoms with Crippen molar-refractivity contribution in [2.24, 2.45) is 0 Å². The van der Waals surface area contributed by atoms with Crippen LogP contribution >= 0.6 is 22.9 Å². The quantitative estimate of drug-likeness (QED) is 0.199. The first kappa shape index (κ1) is 33.6. The number of hydrogen-bond donors (Lipinski definition) is 2. The van der Waals surface area contributed by atoms with Gasteiger partial charge in [0.2, 0.25) is 0 Å². The fourth-order valence-corrected chi connectivity index (χ4v) is 9.61. The lowest BCUT2D eigenvalue weighted by molar-refractivity contribution is 0.272. The number of hydrogen-bond acceptors (Lipinski definition) is 11. The van der Waals surface area contributed by atoms with E-state index >= 15 is 4.39 Å². The summed E-state index contributed by atoms with van der Waals surface area (Å²) in [5, 5.41) is 10.3. The average Bonchev–Trinajstić information content (AvgIpc) is 3.88. The summed E-state index contributed by atoms with van der Waals surface area (Å²) in [6, 6.07) is 6.85. The van der Waals surface area contributed by atoms with Gasteiger partial charge >= 0.3 is 6.01 Å². The van der Waals surface area contributed by atoms with E-state index < -0.39 is 17.8 Å². The van der Waals surface area contributed by atoms with Gasteiger partial charge in [-0.05, 0) is 61.9 Å². The molecule has 6 heterocycles. The van der Waals surface area contributed by atoms with Crippen LogP contribution in [0.1, 0.15) is 48.3 Å². The highest BCUT2D eigenvalue weighted by Crippen LogP contribution is 2.52. The summed E-state index contributed by atoms with van der Waals surface area (Å²) < 4.78 is 56.0. The van der Waals surface area contributed by atoms with E-state index in [9.17, 15) is 14.0 Å². The SMILES string of the molecule is COc1nc2c3c(c(Cl)c(-c4ccc(F)c5sc(N)c(C#N)c45)c(F)c3n1)OCC(C1CCc3ccnc(N)c31)N2C.FC1CC2CCCN2C1. The zero-order valence-corrected chi connectivity index (χ0v) is 29.4. The van der Waals surface area contributed by atoms with Crippen LogP contribution in [-0.2, 0) is 6.42 Å². The maximum Gasteiger partial charge on any atom is 0.318 e. The Morgan fingerprint density at radius 3 is 2.75 bits per heavy atom. The van der Waals surface area contributed by atoms with Crippen LogP contribution < -0.4 is 25.8 Å². The number of fused-ring (bicyclic) bond motifs is 3. The Morgan fingerprint density at radius 1 is 1.16 bits per heavy atom. The summed E-state index contributed by atoms with van der Waals surface area (Å²) in [5.74, 6) is -0.412. The second kappa shape index (κ2) is 12.9. The van der Waals surface area contributed by atoms with Crippen molar-refractivity contribution in [1.82, 2.24) is 19.9 Å². The lowest BCUT2D eigenvalue weighted by atomic mass is 9.92. The van der Waals surface area contributed by atoms with E-state index in [1.54, 1.807) is 6.20 Å². The monoisotopic (exact) mass is 734 g/mol. The average molecular weight is 735 g/mol. The Balaban J connectivity index is 0.000000359. The van der Waals surface area contributed by atoms with Gasteiger partial charge in [-0.3, -0.25) is 4.90 Å². The van der Waals surface area contributed by atoms with Gasteiger partial charge in [0, 0.05) is 48.3 Å². The summed E-state index contributed by atoms with van der Waals surface area (Å²) in [6.07, 6.45) is 6.15. The van der Waals surface area contributed by atoms with Crippen LogP contribution in [0, 0.1) is 23.0 Å². The number of alkyl halides is 1. The highest BCUT2D eigenvalue weighted by Gasteiger charge is 2.40. The smallest absolute Gasteiger partial charge is 0.318 e. The fourth-order valence-electron chi connectivity index (χ4n) is 8.33. The van der Waals surface area contributed by atoms with Crippen molar-refractivity contribution in [3.8, 4) is 29.0 Å². The number of halogens is 4. The minimum absolute atomic E-state index is 0.0405. The van der Waals surface area contributed by atoms with Crippen LogP contribution in [0.2, 0.25) is 5.02 Å². The third-order valence-electron chi connectivity index (χ3n) is 10.7. The molecule has 1 aliphatic carbocycles. The van der Waals surface area contributed by atoms with E-state index in [-0.39, 0.29) is 78.0 Å². The van der Waals surface area contributed by atoms with Gasteiger partial charge in [-0.15, -0.1) is 11.3 Å². The van der Waals surface area contributed by atoms with Crippen LogP contribution in [0.4, 0.5) is 29.8 Å². The van der Waals surface area contributed by atoms with Crippen molar-refractivity contribution >= 4 is 60.6 Å². The van der Waals surface area contributed by atoms with Crippen molar-refractivity contribution in [2.75, 3.05) is 50.2 Å². The molecule has 3 aliphatic heterocycles. The Labute approximate surface area is 300 Å². The van der Waals surface area contributed by atoms with Gasteiger partial charge < -0.3 is 25.8 Å². The third-order valence-corrected chi connectivity index (χ3v) is 12.1. The molecule has 0 amide bonds. The number of rotatable bonds is 3. The summed E-state index contributed by atoms with van der Waals surface area (Å²) in [6.45, 7) is 2.02. The molecule has 15 heteroatoms. The number of methoxy groups -OCH3 is 1. The van der Waals surface area contributed by atoms with Crippen molar-refractivity contribution in [1.29, 1.82) is 5.26 Å². The number of benzene rings is 2. The van der Waals surface area contributed by atoms with Crippen molar-refractivity contribution in [3.05, 3.63) is 57.7 Å². The molecule has 2 aromatic carbocycles. The Morgan fingerprint density at radius 2 is 1.98 bits per heavy atom. The number of nitrogens with zero attached hydrogens (tertiary/aromatic N) is 6. The molecule has 5 aromatic rings. The van der Waals surface area contributed by atoms with Crippen molar-refractivity contribution in [3.63, 3.8) is 0 Å². The van der Waals surface area contributed by atoms with E-state index in [0.29, 0.717) is 24.2 Å². The standard InChI is InChI=1S/C29H22ClF2N7O2S.C7H12FN/c1-39-16(12-4-3-11-7-8-36-26(34)17(11)12)10-41-24-20-23(37-29(40-2)38-28(20)39)22(32)19(21(24)30)13-5-6-15(31)25-18(13)14(9-33)27(35)42-25;8-6-4-7-2-1-3-9(7)5-6/h5-8,12,16H,3-4,10,35H2,1-2H3,(H2,34,36);6-7H,1-5H2.